The highest BCUT2D eigenvalue weighted by molar-refractivity contribution is 6.31. The maximum Gasteiger partial charge on any atom is 0.176 e. The van der Waals surface area contributed by atoms with Crippen LogP contribution in [0.2, 0.25) is 5.15 Å². The molecule has 0 radical (unpaired) electrons. The number of ether oxygens (including phenoxy) is 2. The third-order valence-corrected chi connectivity index (χ3v) is 3.48. The molecule has 0 spiro atoms. The Labute approximate surface area is 116 Å². The van der Waals surface area contributed by atoms with Gasteiger partial charge in [0.1, 0.15) is 6.61 Å². The quantitative estimate of drug-likeness (QED) is 0.860. The summed E-state index contributed by atoms with van der Waals surface area (Å²) in [7, 11) is 0. The first-order chi connectivity index (χ1) is 9.34. The van der Waals surface area contributed by atoms with Gasteiger partial charge in [-0.05, 0) is 18.4 Å². The molecule has 1 unspecified atom stereocenters. The van der Waals surface area contributed by atoms with Crippen LogP contribution in [0.1, 0.15) is 24.6 Å². The summed E-state index contributed by atoms with van der Waals surface area (Å²) in [5, 5.41) is 4.75. The van der Waals surface area contributed by atoms with Gasteiger partial charge in [0.2, 0.25) is 0 Å². The summed E-state index contributed by atoms with van der Waals surface area (Å²) in [6.07, 6.45) is 3.58. The minimum Gasteiger partial charge on any atom is -0.484 e. The zero-order valence-electron chi connectivity index (χ0n) is 10.5. The summed E-state index contributed by atoms with van der Waals surface area (Å²) < 4.78 is 12.9. The number of benzene rings is 1. The first kappa shape index (κ1) is 12.5. The van der Waals surface area contributed by atoms with Crippen molar-refractivity contribution in [3.63, 3.8) is 0 Å². The highest BCUT2D eigenvalue weighted by Gasteiger charge is 2.22. The minimum atomic E-state index is -0.0541. The third kappa shape index (κ3) is 2.74. The lowest BCUT2D eigenvalue weighted by atomic mass is 10.2. The summed E-state index contributed by atoms with van der Waals surface area (Å²) in [5.41, 5.74) is 1.10. The molecule has 5 heteroatoms. The Kier molecular flexibility index (Phi) is 3.71. The van der Waals surface area contributed by atoms with Gasteiger partial charge in [-0.25, -0.2) is 4.68 Å². The van der Waals surface area contributed by atoms with Crippen LogP contribution in [0.3, 0.4) is 0 Å². The van der Waals surface area contributed by atoms with Crippen LogP contribution in [-0.2, 0) is 11.3 Å². The largest absolute Gasteiger partial charge is 0.484 e. The van der Waals surface area contributed by atoms with Crippen molar-refractivity contribution in [2.24, 2.45) is 0 Å². The Morgan fingerprint density at radius 2 is 2.21 bits per heavy atom. The molecule has 19 heavy (non-hydrogen) atoms. The van der Waals surface area contributed by atoms with Gasteiger partial charge in [-0.1, -0.05) is 41.9 Å². The first-order valence-electron chi connectivity index (χ1n) is 6.36. The molecule has 1 aromatic carbocycles. The van der Waals surface area contributed by atoms with Crippen molar-refractivity contribution in [2.45, 2.75) is 25.7 Å². The zero-order chi connectivity index (χ0) is 13.1. The van der Waals surface area contributed by atoms with E-state index in [0.29, 0.717) is 17.5 Å². The first-order valence-corrected chi connectivity index (χ1v) is 6.74. The van der Waals surface area contributed by atoms with Gasteiger partial charge in [0, 0.05) is 6.61 Å². The topological polar surface area (TPSA) is 36.3 Å². The number of rotatable bonds is 4. The highest BCUT2D eigenvalue weighted by atomic mass is 35.5. The van der Waals surface area contributed by atoms with Crippen molar-refractivity contribution in [1.29, 1.82) is 0 Å². The average Bonchev–Trinajstić information content (AvgIpc) is 3.07. The molecule has 1 saturated heterocycles. The summed E-state index contributed by atoms with van der Waals surface area (Å²) in [4.78, 5) is 0. The van der Waals surface area contributed by atoms with Crippen molar-refractivity contribution in [1.82, 2.24) is 9.78 Å². The number of nitrogens with zero attached hydrogens (tertiary/aromatic N) is 2. The molecule has 2 heterocycles. The molecular weight excluding hydrogens is 264 g/mol. The van der Waals surface area contributed by atoms with E-state index in [4.69, 9.17) is 21.1 Å². The van der Waals surface area contributed by atoms with Gasteiger partial charge in [-0.3, -0.25) is 0 Å². The second-order valence-corrected chi connectivity index (χ2v) is 4.84. The molecule has 4 nitrogen and oxygen atoms in total. The zero-order valence-corrected chi connectivity index (χ0v) is 11.2. The lowest BCUT2D eigenvalue weighted by Gasteiger charge is -2.11. The van der Waals surface area contributed by atoms with Crippen molar-refractivity contribution >= 4 is 11.6 Å². The maximum atomic E-state index is 6.27. The van der Waals surface area contributed by atoms with E-state index < -0.39 is 0 Å². The molecule has 0 N–H and O–H groups in total. The van der Waals surface area contributed by atoms with Crippen LogP contribution in [0.25, 0.3) is 0 Å². The van der Waals surface area contributed by atoms with Gasteiger partial charge in [0.05, 0.1) is 6.20 Å². The Balaban J connectivity index is 1.68. The summed E-state index contributed by atoms with van der Waals surface area (Å²) in [5.74, 6) is 0.598. The van der Waals surface area contributed by atoms with Gasteiger partial charge in [-0.2, -0.15) is 5.10 Å². The van der Waals surface area contributed by atoms with Crippen molar-refractivity contribution in [2.75, 3.05) is 6.61 Å². The van der Waals surface area contributed by atoms with E-state index in [0.717, 1.165) is 25.0 Å². The van der Waals surface area contributed by atoms with E-state index in [-0.39, 0.29) is 6.23 Å². The Bertz CT molecular complexity index is 536. The Morgan fingerprint density at radius 3 is 2.95 bits per heavy atom. The SMILES string of the molecule is Clc1c(OCc2ccccc2)cnn1C1CCCO1. The van der Waals surface area contributed by atoms with E-state index >= 15 is 0 Å². The van der Waals surface area contributed by atoms with Gasteiger partial charge >= 0.3 is 0 Å². The van der Waals surface area contributed by atoms with E-state index in [1.165, 1.54) is 0 Å². The molecule has 3 rings (SSSR count). The van der Waals surface area contributed by atoms with Gasteiger partial charge in [0.15, 0.2) is 17.1 Å². The van der Waals surface area contributed by atoms with Crippen molar-refractivity contribution < 1.29 is 9.47 Å². The van der Waals surface area contributed by atoms with E-state index in [1.807, 2.05) is 30.3 Å². The molecule has 0 amide bonds. The van der Waals surface area contributed by atoms with Crippen LogP contribution < -0.4 is 4.74 Å². The molecule has 100 valence electrons. The predicted octanol–water partition coefficient (Wildman–Crippen LogP) is 3.42. The molecule has 0 bridgehead atoms. The smallest absolute Gasteiger partial charge is 0.176 e. The molecule has 1 aliphatic heterocycles. The lowest BCUT2D eigenvalue weighted by Crippen LogP contribution is -2.08. The summed E-state index contributed by atoms with van der Waals surface area (Å²) in [6, 6.07) is 9.97. The molecule has 1 atom stereocenters. The number of hydrogen-bond donors (Lipinski definition) is 0. The van der Waals surface area contributed by atoms with Crippen LogP contribution in [-0.4, -0.2) is 16.4 Å². The van der Waals surface area contributed by atoms with Crippen LogP contribution in [0.4, 0.5) is 0 Å². The minimum absolute atomic E-state index is 0.0541. The summed E-state index contributed by atoms with van der Waals surface area (Å²) >= 11 is 6.27. The molecule has 0 saturated carbocycles. The molecule has 0 aliphatic carbocycles. The normalized spacial score (nSPS) is 18.7. The second-order valence-electron chi connectivity index (χ2n) is 4.49. The van der Waals surface area contributed by atoms with Crippen LogP contribution in [0.5, 0.6) is 5.75 Å². The standard InChI is InChI=1S/C14H15ClN2O2/c15-14-12(19-10-11-5-2-1-3-6-11)9-16-17(14)13-7-4-8-18-13/h1-3,5-6,9,13H,4,7-8,10H2. The molecule has 1 aromatic heterocycles. The van der Waals surface area contributed by atoms with Crippen LogP contribution in [0.15, 0.2) is 36.5 Å². The van der Waals surface area contributed by atoms with Crippen LogP contribution in [0, 0.1) is 0 Å². The Hall–Kier alpha value is -1.52. The highest BCUT2D eigenvalue weighted by Crippen LogP contribution is 2.31. The van der Waals surface area contributed by atoms with Gasteiger partial charge in [0.25, 0.3) is 0 Å². The lowest BCUT2D eigenvalue weighted by molar-refractivity contribution is 0.0468. The fourth-order valence-corrected chi connectivity index (χ4v) is 2.37. The number of aromatic nitrogens is 2. The molecule has 1 aliphatic rings. The maximum absolute atomic E-state index is 6.27. The van der Waals surface area contributed by atoms with Gasteiger partial charge in [-0.15, -0.1) is 0 Å². The van der Waals surface area contributed by atoms with Gasteiger partial charge < -0.3 is 9.47 Å². The Morgan fingerprint density at radius 1 is 1.37 bits per heavy atom. The summed E-state index contributed by atoms with van der Waals surface area (Å²) in [6.45, 7) is 1.25. The predicted molar refractivity (Wildman–Crippen MR) is 72.2 cm³/mol. The molecular formula is C14H15ClN2O2. The monoisotopic (exact) mass is 278 g/mol. The fourth-order valence-electron chi connectivity index (χ4n) is 2.12. The van der Waals surface area contributed by atoms with E-state index in [1.54, 1.807) is 10.9 Å². The second kappa shape index (κ2) is 5.63. The third-order valence-electron chi connectivity index (χ3n) is 3.12. The number of hydrogen-bond acceptors (Lipinski definition) is 3. The average molecular weight is 279 g/mol. The van der Waals surface area contributed by atoms with Crippen LogP contribution >= 0.6 is 11.6 Å². The fraction of sp³-hybridized carbons (Fsp3) is 0.357. The number of halogens is 1. The van der Waals surface area contributed by atoms with Crippen molar-refractivity contribution in [3.8, 4) is 5.75 Å². The van der Waals surface area contributed by atoms with E-state index in [9.17, 15) is 0 Å². The van der Waals surface area contributed by atoms with Crippen molar-refractivity contribution in [3.05, 3.63) is 47.2 Å². The molecule has 1 fully saturated rings. The molecule has 2 aromatic rings. The van der Waals surface area contributed by atoms with E-state index in [2.05, 4.69) is 5.10 Å².